The quantitative estimate of drug-likeness (QED) is 0.0563. The van der Waals surface area contributed by atoms with Gasteiger partial charge in [-0.25, -0.2) is 24.0 Å². The van der Waals surface area contributed by atoms with E-state index in [4.69, 9.17) is 20.3 Å². The molecule has 0 radical (unpaired) electrons. The number of aromatic amines is 2. The van der Waals surface area contributed by atoms with Gasteiger partial charge in [-0.3, -0.25) is 14.4 Å². The summed E-state index contributed by atoms with van der Waals surface area (Å²) in [4.78, 5) is 47.7. The molecule has 6 heterocycles. The van der Waals surface area contributed by atoms with Crippen LogP contribution in [0, 0.1) is 10.8 Å². The highest BCUT2D eigenvalue weighted by atomic mass is 16.5. The molecule has 2 aromatic carbocycles. The molecule has 364 valence electrons. The van der Waals surface area contributed by atoms with Crippen molar-refractivity contribution < 1.29 is 24.2 Å². The van der Waals surface area contributed by atoms with Crippen LogP contribution in [-0.4, -0.2) is 81.9 Å². The number of hydrogen-bond donors (Lipinski definition) is 5. The summed E-state index contributed by atoms with van der Waals surface area (Å²) in [6.07, 6.45) is 18.7. The molecule has 6 N–H and O–H groups in total. The minimum absolute atomic E-state index is 0.0836. The van der Waals surface area contributed by atoms with E-state index in [0.717, 1.165) is 82.7 Å². The van der Waals surface area contributed by atoms with E-state index >= 15 is 0 Å². The normalized spacial score (nSPS) is 22.8. The first-order chi connectivity index (χ1) is 34.4. The van der Waals surface area contributed by atoms with Gasteiger partial charge in [-0.2, -0.15) is 20.4 Å². The van der Waals surface area contributed by atoms with E-state index < -0.39 is 5.97 Å². The van der Waals surface area contributed by atoms with Crippen molar-refractivity contribution >= 4 is 44.5 Å². The molecule has 0 saturated heterocycles. The molecule has 71 heavy (non-hydrogen) atoms. The number of amides is 1. The number of aromatic carboxylic acids is 1. The van der Waals surface area contributed by atoms with E-state index in [1.807, 2.05) is 72.9 Å². The average molecular weight is 957 g/mol. The zero-order valence-electron chi connectivity index (χ0n) is 39.3. The predicted molar refractivity (Wildman–Crippen MR) is 268 cm³/mol. The number of nitrogens with two attached hydrogens (primary N) is 1. The van der Waals surface area contributed by atoms with Gasteiger partial charge in [-0.05, 0) is 97.6 Å². The number of aromatic nitrogens is 8. The molecule has 6 aromatic heterocycles. The molecule has 0 bridgehead atoms. The zero-order chi connectivity index (χ0) is 49.3. The van der Waals surface area contributed by atoms with Crippen LogP contribution in [0.25, 0.3) is 32.6 Å². The van der Waals surface area contributed by atoms with Crippen molar-refractivity contribution in [2.24, 2.45) is 16.6 Å². The lowest BCUT2D eigenvalue weighted by Gasteiger charge is -2.57. The smallest absolute Gasteiger partial charge is 0.339 e. The predicted octanol–water partition coefficient (Wildman–Crippen LogP) is 7.37. The molecule has 0 aliphatic heterocycles. The number of pyridine rings is 2. The van der Waals surface area contributed by atoms with E-state index in [0.29, 0.717) is 66.2 Å². The summed E-state index contributed by atoms with van der Waals surface area (Å²) in [5, 5.41) is 37.8. The van der Waals surface area contributed by atoms with Gasteiger partial charge < -0.3 is 25.6 Å². The molecular formula is C54H56N10O7. The fraction of sp³-hybridized carbons (Fsp3) is 0.333. The van der Waals surface area contributed by atoms with Crippen LogP contribution in [0.1, 0.15) is 106 Å². The van der Waals surface area contributed by atoms with E-state index in [9.17, 15) is 19.2 Å². The number of carboxylic acids is 1. The third kappa shape index (κ3) is 9.55. The summed E-state index contributed by atoms with van der Waals surface area (Å²) in [6.45, 7) is 9.10. The number of ether oxygens (including phenoxy) is 2. The van der Waals surface area contributed by atoms with E-state index in [-0.39, 0.29) is 34.0 Å². The number of fused-ring (bicyclic) bond motifs is 4. The molecule has 0 unspecified atom stereocenters. The summed E-state index contributed by atoms with van der Waals surface area (Å²) in [6, 6.07) is 23.4. The first-order valence-electron chi connectivity index (χ1n) is 24.0. The lowest BCUT2D eigenvalue weighted by atomic mass is 9.49. The summed E-state index contributed by atoms with van der Waals surface area (Å²) >= 11 is 0. The Morgan fingerprint density at radius 1 is 0.676 bits per heavy atom. The Hall–Kier alpha value is -7.60. The highest BCUT2D eigenvalue weighted by molar-refractivity contribution is 6.01. The minimum atomic E-state index is -0.976. The van der Waals surface area contributed by atoms with Crippen LogP contribution >= 0.6 is 0 Å². The van der Waals surface area contributed by atoms with Gasteiger partial charge in [0.25, 0.3) is 17.0 Å². The molecule has 17 nitrogen and oxygen atoms in total. The highest BCUT2D eigenvalue weighted by Crippen LogP contribution is 2.63. The molecular weight excluding hydrogens is 901 g/mol. The number of rotatable bonds is 13. The van der Waals surface area contributed by atoms with Crippen molar-refractivity contribution in [2.45, 2.75) is 88.5 Å². The Kier molecular flexibility index (Phi) is 13.0. The van der Waals surface area contributed by atoms with Gasteiger partial charge in [0, 0.05) is 47.1 Å². The van der Waals surface area contributed by atoms with Crippen LogP contribution in [0.3, 0.4) is 0 Å². The molecule has 0 atom stereocenters. The second kappa shape index (κ2) is 19.7. The van der Waals surface area contributed by atoms with Crippen LogP contribution in [0.5, 0.6) is 0 Å². The van der Waals surface area contributed by atoms with Crippen LogP contribution < -0.4 is 22.2 Å². The van der Waals surface area contributed by atoms with Crippen LogP contribution in [-0.2, 0) is 22.7 Å². The maximum Gasteiger partial charge on any atom is 0.339 e. The Balaban J connectivity index is 0.000000136. The molecule has 2 spiro atoms. The highest BCUT2D eigenvalue weighted by Gasteiger charge is 2.54. The number of benzene rings is 2. The van der Waals surface area contributed by atoms with Crippen molar-refractivity contribution in [3.63, 3.8) is 0 Å². The summed E-state index contributed by atoms with van der Waals surface area (Å²) < 4.78 is 14.0. The second-order valence-electron chi connectivity index (χ2n) is 19.7. The SMILES string of the molecule is C=CCOCc1ccc2c(C(=O)NC3CC4(C3)CC(c3n[nH]c(=O)c5ccccc35)C4)cnn2c1.C=CCOCc1ccc2c(C(=O)O)cnn2c1.NC1CC2(C1)CC(c1n[nH]c(=O)c3ccccc13)C2. The second-order valence-corrected chi connectivity index (χ2v) is 19.7. The van der Waals surface area contributed by atoms with Crippen LogP contribution in [0.15, 0.2) is 132 Å². The Morgan fingerprint density at radius 3 is 1.59 bits per heavy atom. The van der Waals surface area contributed by atoms with Gasteiger partial charge in [0.05, 0.1) is 77.6 Å². The minimum Gasteiger partial charge on any atom is -0.478 e. The van der Waals surface area contributed by atoms with Gasteiger partial charge >= 0.3 is 5.97 Å². The van der Waals surface area contributed by atoms with Crippen molar-refractivity contribution in [2.75, 3.05) is 13.2 Å². The molecule has 4 aliphatic rings. The van der Waals surface area contributed by atoms with Gasteiger partial charge in [0.15, 0.2) is 0 Å². The van der Waals surface area contributed by atoms with E-state index in [1.54, 1.807) is 35.1 Å². The fourth-order valence-corrected chi connectivity index (χ4v) is 11.4. The topological polar surface area (TPSA) is 237 Å². The number of nitrogens with zero attached hydrogens (tertiary/aromatic N) is 6. The van der Waals surface area contributed by atoms with Gasteiger partial charge in [0.2, 0.25) is 0 Å². The van der Waals surface area contributed by atoms with Gasteiger partial charge in [0.1, 0.15) is 5.56 Å². The van der Waals surface area contributed by atoms with Crippen LogP contribution in [0.2, 0.25) is 0 Å². The first-order valence-corrected chi connectivity index (χ1v) is 24.0. The molecule has 4 fully saturated rings. The number of carboxylic acid groups (broad SMARTS) is 1. The number of hydrogen-bond acceptors (Lipinski definition) is 11. The van der Waals surface area contributed by atoms with E-state index in [1.165, 1.54) is 23.6 Å². The maximum atomic E-state index is 13.0. The third-order valence-corrected chi connectivity index (χ3v) is 14.7. The first kappa shape index (κ1) is 47.1. The zero-order valence-corrected chi connectivity index (χ0v) is 39.3. The Morgan fingerprint density at radius 2 is 1.13 bits per heavy atom. The van der Waals surface area contributed by atoms with Gasteiger partial charge in [-0.1, -0.05) is 60.7 Å². The molecule has 8 aromatic rings. The maximum absolute atomic E-state index is 13.0. The summed E-state index contributed by atoms with van der Waals surface area (Å²) in [5.41, 5.74) is 12.5. The molecule has 17 heteroatoms. The number of H-pyrrole nitrogens is 2. The lowest BCUT2D eigenvalue weighted by Crippen LogP contribution is -2.55. The van der Waals surface area contributed by atoms with Crippen molar-refractivity contribution in [1.82, 2.24) is 44.9 Å². The fourth-order valence-electron chi connectivity index (χ4n) is 11.4. The monoisotopic (exact) mass is 956 g/mol. The lowest BCUT2D eigenvalue weighted by molar-refractivity contribution is -0.0196. The number of carbonyl (C=O) groups is 2. The molecule has 4 saturated carbocycles. The van der Waals surface area contributed by atoms with Crippen molar-refractivity contribution in [3.05, 3.63) is 177 Å². The average Bonchev–Trinajstić information content (AvgIpc) is 3.96. The van der Waals surface area contributed by atoms with Crippen LogP contribution in [0.4, 0.5) is 0 Å². The Labute approximate surface area is 407 Å². The Bertz CT molecular complexity index is 3420. The van der Waals surface area contributed by atoms with E-state index in [2.05, 4.69) is 49.1 Å². The van der Waals surface area contributed by atoms with Crippen molar-refractivity contribution in [1.29, 1.82) is 0 Å². The van der Waals surface area contributed by atoms with Crippen molar-refractivity contribution in [3.8, 4) is 0 Å². The van der Waals surface area contributed by atoms with Gasteiger partial charge in [-0.15, -0.1) is 13.2 Å². The number of carbonyl (C=O) groups excluding carboxylic acids is 1. The third-order valence-electron chi connectivity index (χ3n) is 14.7. The molecule has 1 amide bonds. The summed E-state index contributed by atoms with van der Waals surface area (Å²) in [5.74, 6) is -0.234. The number of nitrogens with one attached hydrogen (secondary N) is 3. The molecule has 12 rings (SSSR count). The standard InChI is InChI=1S/C27H27N5O3.C15H17N3O.C12H12N2O3/c1-2-9-35-16-17-7-8-23-22(14-28-32(23)15-17)25(33)29-19-12-27(13-19)10-18(11-27)24-20-5-3-4-6-21(20)26(34)31-30-24;16-10-7-15(8-10)5-9(6-15)13-11-3-1-2-4-12(11)14(19)18-17-13;1-2-5-17-8-9-3-4-11-10(12(15)16)6-13-14(11)7-9/h2-8,14-15,18-19H,1,9-13,16H2,(H,29,33)(H,31,34);1-4,9-10H,5-8,16H2,(H,18,19);2-4,6-7H,1,5,8H2,(H,15,16). The summed E-state index contributed by atoms with van der Waals surface area (Å²) in [7, 11) is 0. The molecule has 4 aliphatic carbocycles. The largest absolute Gasteiger partial charge is 0.478 e.